The fourth-order valence-electron chi connectivity index (χ4n) is 4.87. The van der Waals surface area contributed by atoms with Crippen molar-refractivity contribution in [2.24, 2.45) is 5.92 Å². The minimum Gasteiger partial charge on any atom is -0.434 e. The van der Waals surface area contributed by atoms with Crippen LogP contribution in [0.25, 0.3) is 22.3 Å². The Bertz CT molecular complexity index is 1310. The zero-order valence-corrected chi connectivity index (χ0v) is 20.4. The lowest BCUT2D eigenvalue weighted by Crippen LogP contribution is -2.20. The standard InChI is InChI=1S/C30H27F5O2/c1-2-3-18-4-11-22(12-5-18)37-30(34,35)21-10-13-23(26(31)16-21)19-6-8-20(9-7-19)24-14-15-25(27-17-36-27)29(33)28(24)32/h6-11,13-16,18,27H,2-5,12,17H2,1H3. The first-order valence-corrected chi connectivity index (χ1v) is 12.5. The third-order valence-corrected chi connectivity index (χ3v) is 7.04. The van der Waals surface area contributed by atoms with Gasteiger partial charge >= 0.3 is 6.11 Å². The summed E-state index contributed by atoms with van der Waals surface area (Å²) >= 11 is 0. The topological polar surface area (TPSA) is 21.8 Å². The van der Waals surface area contributed by atoms with Crippen LogP contribution in [0.5, 0.6) is 0 Å². The van der Waals surface area contributed by atoms with Gasteiger partial charge in [-0.05, 0) is 48.1 Å². The van der Waals surface area contributed by atoms with Crippen molar-refractivity contribution in [2.45, 2.75) is 51.2 Å². The Balaban J connectivity index is 1.32. The number of ether oxygens (including phenoxy) is 2. The second-order valence-corrected chi connectivity index (χ2v) is 9.64. The lowest BCUT2D eigenvalue weighted by molar-refractivity contribution is -0.226. The molecule has 0 saturated carbocycles. The molecule has 1 aliphatic heterocycles. The smallest absolute Gasteiger partial charge is 0.426 e. The maximum Gasteiger partial charge on any atom is 0.426 e. The van der Waals surface area contributed by atoms with Crippen LogP contribution in [0.15, 0.2) is 66.4 Å². The van der Waals surface area contributed by atoms with Crippen LogP contribution in [-0.4, -0.2) is 6.61 Å². The minimum absolute atomic E-state index is 0.0686. The summed E-state index contributed by atoms with van der Waals surface area (Å²) in [6.45, 7) is 2.46. The van der Waals surface area contributed by atoms with Crippen molar-refractivity contribution >= 4 is 0 Å². The third-order valence-electron chi connectivity index (χ3n) is 7.04. The van der Waals surface area contributed by atoms with Gasteiger partial charge in [0.15, 0.2) is 11.6 Å². The maximum absolute atomic E-state index is 14.9. The van der Waals surface area contributed by atoms with Crippen molar-refractivity contribution < 1.29 is 31.4 Å². The van der Waals surface area contributed by atoms with Crippen molar-refractivity contribution in [3.05, 3.63) is 95.0 Å². The van der Waals surface area contributed by atoms with E-state index in [1.54, 1.807) is 6.08 Å². The van der Waals surface area contributed by atoms with Gasteiger partial charge in [0.2, 0.25) is 0 Å². The molecule has 194 valence electrons. The molecule has 0 spiro atoms. The molecule has 1 fully saturated rings. The molecular formula is C30H27F5O2. The van der Waals surface area contributed by atoms with Gasteiger partial charge in [-0.2, -0.15) is 8.78 Å². The second-order valence-electron chi connectivity index (χ2n) is 9.64. The maximum atomic E-state index is 14.9. The van der Waals surface area contributed by atoms with E-state index in [0.29, 0.717) is 36.5 Å². The first kappa shape index (κ1) is 25.5. The first-order valence-electron chi connectivity index (χ1n) is 12.5. The number of hydrogen-bond donors (Lipinski definition) is 0. The van der Waals surface area contributed by atoms with E-state index in [9.17, 15) is 22.0 Å². The normalized spacial score (nSPS) is 19.5. The van der Waals surface area contributed by atoms with Crippen LogP contribution >= 0.6 is 0 Å². The third kappa shape index (κ3) is 5.42. The van der Waals surface area contributed by atoms with Gasteiger partial charge in [0.05, 0.1) is 17.9 Å². The molecule has 0 bridgehead atoms. The monoisotopic (exact) mass is 514 g/mol. The number of benzene rings is 3. The molecule has 37 heavy (non-hydrogen) atoms. The average molecular weight is 515 g/mol. The Morgan fingerprint density at radius 3 is 2.19 bits per heavy atom. The predicted octanol–water partition coefficient (Wildman–Crippen LogP) is 9.06. The molecule has 2 unspecified atom stereocenters. The van der Waals surface area contributed by atoms with Crippen molar-refractivity contribution in [3.63, 3.8) is 0 Å². The largest absolute Gasteiger partial charge is 0.434 e. The van der Waals surface area contributed by atoms with Crippen LogP contribution in [0.4, 0.5) is 22.0 Å². The summed E-state index contributed by atoms with van der Waals surface area (Å²) in [5.74, 6) is -2.04. The van der Waals surface area contributed by atoms with Crippen LogP contribution in [0, 0.1) is 23.4 Å². The molecule has 1 aliphatic carbocycles. The molecule has 0 N–H and O–H groups in total. The number of epoxide rings is 1. The Hall–Kier alpha value is -3.19. The van der Waals surface area contributed by atoms with Gasteiger partial charge in [-0.1, -0.05) is 62.2 Å². The van der Waals surface area contributed by atoms with Crippen molar-refractivity contribution in [3.8, 4) is 22.3 Å². The number of rotatable bonds is 8. The van der Waals surface area contributed by atoms with Crippen LogP contribution in [0.3, 0.4) is 0 Å². The summed E-state index contributed by atoms with van der Waals surface area (Å²) in [6, 6.07) is 12.3. The molecule has 0 amide bonds. The Kier molecular flexibility index (Phi) is 7.08. The molecule has 5 rings (SSSR count). The van der Waals surface area contributed by atoms with E-state index in [1.165, 1.54) is 42.5 Å². The minimum atomic E-state index is -3.66. The van der Waals surface area contributed by atoms with Crippen LogP contribution in [0.1, 0.15) is 56.3 Å². The highest BCUT2D eigenvalue weighted by molar-refractivity contribution is 5.71. The number of alkyl halides is 2. The van der Waals surface area contributed by atoms with Gasteiger partial charge in [0.1, 0.15) is 11.9 Å². The fourth-order valence-corrected chi connectivity index (χ4v) is 4.87. The summed E-state index contributed by atoms with van der Waals surface area (Å²) in [4.78, 5) is 0. The summed E-state index contributed by atoms with van der Waals surface area (Å²) in [6.07, 6.45) is 1.70. The Labute approximate surface area is 212 Å². The average Bonchev–Trinajstić information content (AvgIpc) is 3.72. The summed E-state index contributed by atoms with van der Waals surface area (Å²) in [5, 5.41) is 0. The van der Waals surface area contributed by atoms with Gasteiger partial charge in [-0.25, -0.2) is 13.2 Å². The van der Waals surface area contributed by atoms with Crippen LogP contribution in [-0.2, 0) is 15.6 Å². The molecular weight excluding hydrogens is 487 g/mol. The SMILES string of the molecule is CCCC1CC=C(OC(F)(F)c2ccc(-c3ccc(-c4ccc(C5CO5)c(F)c4F)cc3)c(F)c2)CC1. The predicted molar refractivity (Wildman–Crippen MR) is 131 cm³/mol. The lowest BCUT2D eigenvalue weighted by atomic mass is 9.90. The van der Waals surface area contributed by atoms with Gasteiger partial charge in [-0.3, -0.25) is 0 Å². The Morgan fingerprint density at radius 2 is 1.59 bits per heavy atom. The van der Waals surface area contributed by atoms with Crippen molar-refractivity contribution in [2.75, 3.05) is 6.61 Å². The van der Waals surface area contributed by atoms with Gasteiger partial charge in [0.25, 0.3) is 0 Å². The number of halogens is 5. The van der Waals surface area contributed by atoms with Gasteiger partial charge in [0, 0.05) is 23.1 Å². The molecule has 2 aliphatic rings. The molecule has 7 heteroatoms. The summed E-state index contributed by atoms with van der Waals surface area (Å²) < 4.78 is 83.5. The fraction of sp³-hybridized carbons (Fsp3) is 0.333. The molecule has 3 aromatic rings. The molecule has 3 aromatic carbocycles. The Morgan fingerprint density at radius 1 is 0.919 bits per heavy atom. The van der Waals surface area contributed by atoms with E-state index >= 15 is 0 Å². The van der Waals surface area contributed by atoms with E-state index in [2.05, 4.69) is 6.92 Å². The van der Waals surface area contributed by atoms with E-state index in [4.69, 9.17) is 9.47 Å². The van der Waals surface area contributed by atoms with E-state index in [1.807, 2.05) is 0 Å². The number of hydrogen-bond acceptors (Lipinski definition) is 2. The first-order chi connectivity index (χ1) is 17.8. The molecule has 0 aromatic heterocycles. The van der Waals surface area contributed by atoms with Gasteiger partial charge < -0.3 is 9.47 Å². The highest BCUT2D eigenvalue weighted by Gasteiger charge is 2.36. The number of allylic oxidation sites excluding steroid dienone is 2. The summed E-state index contributed by atoms with van der Waals surface area (Å²) in [7, 11) is 0. The van der Waals surface area contributed by atoms with E-state index in [-0.39, 0.29) is 22.4 Å². The van der Waals surface area contributed by atoms with E-state index in [0.717, 1.165) is 31.4 Å². The van der Waals surface area contributed by atoms with E-state index < -0.39 is 35.2 Å². The van der Waals surface area contributed by atoms with Crippen molar-refractivity contribution in [1.29, 1.82) is 0 Å². The zero-order chi connectivity index (χ0) is 26.2. The second kappa shape index (κ2) is 10.3. The quantitative estimate of drug-likeness (QED) is 0.221. The molecule has 0 radical (unpaired) electrons. The van der Waals surface area contributed by atoms with Gasteiger partial charge in [-0.15, -0.1) is 0 Å². The molecule has 2 atom stereocenters. The van der Waals surface area contributed by atoms with Crippen LogP contribution < -0.4 is 0 Å². The zero-order valence-electron chi connectivity index (χ0n) is 20.4. The molecule has 2 nitrogen and oxygen atoms in total. The molecule has 1 heterocycles. The highest BCUT2D eigenvalue weighted by Crippen LogP contribution is 2.39. The molecule has 1 saturated heterocycles. The lowest BCUT2D eigenvalue weighted by Gasteiger charge is -2.25. The van der Waals surface area contributed by atoms with Crippen molar-refractivity contribution in [1.82, 2.24) is 0 Å². The highest BCUT2D eigenvalue weighted by atomic mass is 19.3. The summed E-state index contributed by atoms with van der Waals surface area (Å²) in [5.41, 5.74) is 0.609. The van der Waals surface area contributed by atoms with Crippen LogP contribution in [0.2, 0.25) is 0 Å².